The van der Waals surface area contributed by atoms with Gasteiger partial charge in [-0.15, -0.1) is 6.58 Å². The minimum atomic E-state index is -1.82. The minimum Gasteiger partial charge on any atom is -0.486 e. The molecular formula is C27H33N3O6. The van der Waals surface area contributed by atoms with Gasteiger partial charge < -0.3 is 29.5 Å². The van der Waals surface area contributed by atoms with Crippen LogP contribution in [0.3, 0.4) is 0 Å². The Bertz CT molecular complexity index is 1070. The molecule has 0 saturated carbocycles. The fourth-order valence-corrected chi connectivity index (χ4v) is 5.02. The molecule has 1 saturated heterocycles. The lowest BCUT2D eigenvalue weighted by atomic mass is 9.97. The number of hydrogen-bond donors (Lipinski definition) is 2. The first-order valence-corrected chi connectivity index (χ1v) is 12.2. The molecule has 0 spiro atoms. The maximum atomic E-state index is 9.10. The molecular weight excluding hydrogens is 462 g/mol. The van der Waals surface area contributed by atoms with Crippen LogP contribution in [0.15, 0.2) is 55.1 Å². The second-order valence-corrected chi connectivity index (χ2v) is 8.98. The first-order chi connectivity index (χ1) is 17.5. The summed E-state index contributed by atoms with van der Waals surface area (Å²) in [6, 6.07) is 15.1. The predicted molar refractivity (Wildman–Crippen MR) is 138 cm³/mol. The quantitative estimate of drug-likeness (QED) is 0.463. The van der Waals surface area contributed by atoms with Crippen LogP contribution in [0.1, 0.15) is 17.9 Å². The molecule has 192 valence electrons. The van der Waals surface area contributed by atoms with E-state index in [9.17, 15) is 0 Å². The van der Waals surface area contributed by atoms with Crippen molar-refractivity contribution in [3.63, 3.8) is 0 Å². The summed E-state index contributed by atoms with van der Waals surface area (Å²) in [5, 5.41) is 14.8. The lowest BCUT2D eigenvalue weighted by molar-refractivity contribution is -0.159. The fourth-order valence-electron chi connectivity index (χ4n) is 5.02. The van der Waals surface area contributed by atoms with E-state index in [2.05, 4.69) is 57.7 Å². The van der Waals surface area contributed by atoms with Crippen molar-refractivity contribution in [3.8, 4) is 11.5 Å². The van der Waals surface area contributed by atoms with Crippen molar-refractivity contribution in [2.24, 2.45) is 0 Å². The smallest absolute Gasteiger partial charge is 0.414 e. The standard InChI is InChI=1S/C25H31N3O2.C2H2O4/c1-2-11-28-19-20(21-6-3-4-7-22(21)28)10-12-26-13-15-27(16-14-26)23-8-5-9-24-25(23)30-18-17-29-24;3-1(4)2(5)6/h2-9,20H,1,10-19H2;(H,3,4)(H,5,6). The molecule has 0 aliphatic carbocycles. The molecule has 1 atom stereocenters. The lowest BCUT2D eigenvalue weighted by Gasteiger charge is -2.37. The number of carboxylic acid groups (broad SMARTS) is 2. The van der Waals surface area contributed by atoms with Gasteiger partial charge in [0.05, 0.1) is 5.69 Å². The number of hydrogen-bond acceptors (Lipinski definition) is 7. The zero-order valence-corrected chi connectivity index (χ0v) is 20.3. The molecule has 3 aliphatic rings. The Morgan fingerprint density at radius 3 is 2.36 bits per heavy atom. The van der Waals surface area contributed by atoms with Crippen LogP contribution in [0, 0.1) is 0 Å². The highest BCUT2D eigenvalue weighted by atomic mass is 16.6. The van der Waals surface area contributed by atoms with E-state index in [1.54, 1.807) is 0 Å². The molecule has 2 N–H and O–H groups in total. The van der Waals surface area contributed by atoms with Gasteiger partial charge in [-0.2, -0.15) is 0 Å². The van der Waals surface area contributed by atoms with Crippen LogP contribution in [-0.4, -0.2) is 86.1 Å². The Hall–Kier alpha value is -3.72. The van der Waals surface area contributed by atoms with Crippen LogP contribution in [0.4, 0.5) is 11.4 Å². The van der Waals surface area contributed by atoms with Crippen LogP contribution >= 0.6 is 0 Å². The van der Waals surface area contributed by atoms with E-state index in [0.717, 1.165) is 57.3 Å². The van der Waals surface area contributed by atoms with Gasteiger partial charge in [-0.05, 0) is 36.7 Å². The molecule has 5 rings (SSSR count). The summed E-state index contributed by atoms with van der Waals surface area (Å²) in [4.78, 5) is 25.7. The average molecular weight is 496 g/mol. The first kappa shape index (κ1) is 25.4. The highest BCUT2D eigenvalue weighted by molar-refractivity contribution is 6.27. The highest BCUT2D eigenvalue weighted by Gasteiger charge is 2.29. The number of fused-ring (bicyclic) bond motifs is 2. The van der Waals surface area contributed by atoms with Crippen LogP contribution in [0.25, 0.3) is 0 Å². The Labute approximate surface area is 211 Å². The third-order valence-corrected chi connectivity index (χ3v) is 6.74. The number of ether oxygens (including phenoxy) is 2. The second-order valence-electron chi connectivity index (χ2n) is 8.98. The average Bonchev–Trinajstić information content (AvgIpc) is 3.25. The Morgan fingerprint density at radius 1 is 0.944 bits per heavy atom. The number of carbonyl (C=O) groups is 2. The molecule has 0 radical (unpaired) electrons. The summed E-state index contributed by atoms with van der Waals surface area (Å²) < 4.78 is 11.7. The van der Waals surface area contributed by atoms with Gasteiger partial charge in [0.2, 0.25) is 0 Å². The van der Waals surface area contributed by atoms with Crippen molar-refractivity contribution in [1.82, 2.24) is 4.90 Å². The molecule has 1 fully saturated rings. The summed E-state index contributed by atoms with van der Waals surface area (Å²) in [5.41, 5.74) is 4.07. The largest absolute Gasteiger partial charge is 0.486 e. The Kier molecular flexibility index (Phi) is 8.32. The second kappa shape index (κ2) is 11.8. The van der Waals surface area contributed by atoms with Crippen molar-refractivity contribution in [3.05, 3.63) is 60.7 Å². The SMILES string of the molecule is C=CCN1CC(CCN2CCN(c3cccc4c3OCCO4)CC2)c2ccccc21.O=C(O)C(=O)O. The van der Waals surface area contributed by atoms with E-state index in [1.807, 2.05) is 12.1 Å². The number of benzene rings is 2. The van der Waals surface area contributed by atoms with E-state index in [4.69, 9.17) is 29.3 Å². The molecule has 2 aromatic rings. The summed E-state index contributed by atoms with van der Waals surface area (Å²) >= 11 is 0. The third kappa shape index (κ3) is 5.91. The van der Waals surface area contributed by atoms with Crippen molar-refractivity contribution < 1.29 is 29.3 Å². The zero-order valence-electron chi connectivity index (χ0n) is 20.3. The monoisotopic (exact) mass is 495 g/mol. The van der Waals surface area contributed by atoms with E-state index in [-0.39, 0.29) is 0 Å². The zero-order chi connectivity index (χ0) is 25.5. The van der Waals surface area contributed by atoms with Crippen LogP contribution in [0.5, 0.6) is 11.5 Å². The summed E-state index contributed by atoms with van der Waals surface area (Å²) in [6.07, 6.45) is 3.22. The van der Waals surface area contributed by atoms with Crippen molar-refractivity contribution in [1.29, 1.82) is 0 Å². The number of anilines is 2. The maximum Gasteiger partial charge on any atom is 0.414 e. The van der Waals surface area contributed by atoms with Gasteiger partial charge in [0, 0.05) is 50.9 Å². The summed E-state index contributed by atoms with van der Waals surface area (Å²) in [6.45, 7) is 12.6. The first-order valence-electron chi connectivity index (χ1n) is 12.2. The Morgan fingerprint density at radius 2 is 1.64 bits per heavy atom. The van der Waals surface area contributed by atoms with E-state index < -0.39 is 11.9 Å². The molecule has 9 nitrogen and oxygen atoms in total. The number of carboxylic acids is 2. The molecule has 3 heterocycles. The van der Waals surface area contributed by atoms with E-state index >= 15 is 0 Å². The number of nitrogens with zero attached hydrogens (tertiary/aromatic N) is 3. The summed E-state index contributed by atoms with van der Waals surface area (Å²) in [7, 11) is 0. The fraction of sp³-hybridized carbons (Fsp3) is 0.407. The lowest BCUT2D eigenvalue weighted by Crippen LogP contribution is -2.47. The van der Waals surface area contributed by atoms with Crippen molar-refractivity contribution >= 4 is 23.3 Å². The molecule has 0 aromatic heterocycles. The van der Waals surface area contributed by atoms with Crippen molar-refractivity contribution in [2.75, 3.05) is 68.8 Å². The van der Waals surface area contributed by atoms with Crippen LogP contribution in [0.2, 0.25) is 0 Å². The maximum absolute atomic E-state index is 9.10. The number of rotatable bonds is 6. The van der Waals surface area contributed by atoms with Gasteiger partial charge in [0.15, 0.2) is 11.5 Å². The van der Waals surface area contributed by atoms with Crippen molar-refractivity contribution in [2.45, 2.75) is 12.3 Å². The molecule has 0 bridgehead atoms. The van der Waals surface area contributed by atoms with Gasteiger partial charge in [0.25, 0.3) is 0 Å². The van der Waals surface area contributed by atoms with Gasteiger partial charge >= 0.3 is 11.9 Å². The van der Waals surface area contributed by atoms with Crippen LogP contribution in [-0.2, 0) is 9.59 Å². The molecule has 0 amide bonds. The van der Waals surface area contributed by atoms with Gasteiger partial charge in [-0.25, -0.2) is 9.59 Å². The van der Waals surface area contributed by atoms with Crippen LogP contribution < -0.4 is 19.3 Å². The molecule has 2 aromatic carbocycles. The molecule has 3 aliphatic heterocycles. The number of piperazine rings is 1. The topological polar surface area (TPSA) is 103 Å². The normalized spacial score (nSPS) is 18.6. The highest BCUT2D eigenvalue weighted by Crippen LogP contribution is 2.40. The number of aliphatic carboxylic acids is 2. The van der Waals surface area contributed by atoms with Gasteiger partial charge in [-0.3, -0.25) is 4.90 Å². The molecule has 9 heteroatoms. The summed E-state index contributed by atoms with van der Waals surface area (Å²) in [5.74, 6) is -1.23. The molecule has 1 unspecified atom stereocenters. The minimum absolute atomic E-state index is 0.617. The Balaban J connectivity index is 0.000000455. The molecule has 36 heavy (non-hydrogen) atoms. The van der Waals surface area contributed by atoms with Gasteiger partial charge in [0.1, 0.15) is 13.2 Å². The third-order valence-electron chi connectivity index (χ3n) is 6.74. The predicted octanol–water partition coefficient (Wildman–Crippen LogP) is 2.92. The van der Waals surface area contributed by atoms with Gasteiger partial charge in [-0.1, -0.05) is 30.3 Å². The van der Waals surface area contributed by atoms with E-state index in [0.29, 0.717) is 19.1 Å². The number of para-hydroxylation sites is 2. The van der Waals surface area contributed by atoms with E-state index in [1.165, 1.54) is 23.4 Å².